The summed E-state index contributed by atoms with van der Waals surface area (Å²) in [5.74, 6) is 0. The van der Waals surface area contributed by atoms with Gasteiger partial charge in [-0.25, -0.2) is 0 Å². The first-order valence-electron chi connectivity index (χ1n) is 24.0. The molecule has 3 nitrogen and oxygen atoms in total. The lowest BCUT2D eigenvalue weighted by molar-refractivity contribution is 0.589. The number of benzene rings is 8. The minimum Gasteiger partial charge on any atom is -0.456 e. The van der Waals surface area contributed by atoms with Crippen LogP contribution in [0.4, 0.5) is 11.4 Å². The first-order chi connectivity index (χ1) is 31.5. The van der Waals surface area contributed by atoms with Crippen molar-refractivity contribution in [3.63, 3.8) is 0 Å². The zero-order valence-electron chi connectivity index (χ0n) is 39.7. The van der Waals surface area contributed by atoms with Crippen LogP contribution < -0.4 is 15.7 Å². The van der Waals surface area contributed by atoms with Crippen molar-refractivity contribution in [1.82, 2.24) is 4.57 Å². The largest absolute Gasteiger partial charge is 0.456 e. The van der Waals surface area contributed by atoms with Gasteiger partial charge in [-0.1, -0.05) is 160 Å². The Hall–Kier alpha value is -6.78. The van der Waals surface area contributed by atoms with Gasteiger partial charge >= 0.3 is 6.85 Å². The third kappa shape index (κ3) is 4.75. The fraction of sp³-hybridized carbons (Fsp3) is 0.226. The van der Waals surface area contributed by atoms with E-state index in [2.05, 4.69) is 218 Å². The minimum atomic E-state index is -0.170. The molecule has 2 aliphatic heterocycles. The Morgan fingerprint density at radius 1 is 0.455 bits per heavy atom. The van der Waals surface area contributed by atoms with Gasteiger partial charge in [-0.2, -0.15) is 0 Å². The van der Waals surface area contributed by atoms with Crippen molar-refractivity contribution < 1.29 is 4.42 Å². The van der Waals surface area contributed by atoms with Crippen molar-refractivity contribution in [1.29, 1.82) is 0 Å². The summed E-state index contributed by atoms with van der Waals surface area (Å²) >= 11 is 0. The molecular formula is C62H53BN2O. The SMILES string of the molecule is CC(C)(C)c1ccc(N2B3c4cc5c(cc4-n4c6cc7oc8ccccc8c7cc6c6ccc(c3c64)-c3cc4c(cc32)C(C)(C)c2ccc(C(C)(C)C)cc2-4)C(C)(C)c2ccccc2-5)cc1. The highest BCUT2D eigenvalue weighted by Gasteiger charge is 2.48. The molecule has 66 heavy (non-hydrogen) atoms. The molecule has 0 unspecified atom stereocenters. The van der Waals surface area contributed by atoms with E-state index in [-0.39, 0.29) is 28.5 Å². The van der Waals surface area contributed by atoms with E-state index in [1.54, 1.807) is 0 Å². The van der Waals surface area contributed by atoms with Gasteiger partial charge in [-0.3, -0.25) is 0 Å². The van der Waals surface area contributed by atoms with Crippen LogP contribution in [0.2, 0.25) is 0 Å². The molecular weight excluding hydrogens is 800 g/mol. The summed E-state index contributed by atoms with van der Waals surface area (Å²) in [6.07, 6.45) is 0. The summed E-state index contributed by atoms with van der Waals surface area (Å²) in [5, 5.41) is 4.86. The summed E-state index contributed by atoms with van der Waals surface area (Å²) in [6.45, 7) is 23.5. The first kappa shape index (κ1) is 38.5. The fourth-order valence-electron chi connectivity index (χ4n) is 12.9. The Bertz CT molecular complexity index is 3840. The maximum absolute atomic E-state index is 6.67. The van der Waals surface area contributed by atoms with Gasteiger partial charge in [0.2, 0.25) is 0 Å². The van der Waals surface area contributed by atoms with Crippen LogP contribution in [0.1, 0.15) is 103 Å². The van der Waals surface area contributed by atoms with Crippen LogP contribution in [0.3, 0.4) is 0 Å². The van der Waals surface area contributed by atoms with Crippen molar-refractivity contribution >= 4 is 72.9 Å². The van der Waals surface area contributed by atoms with Gasteiger partial charge < -0.3 is 13.8 Å². The van der Waals surface area contributed by atoms with E-state index in [0.717, 1.165) is 21.9 Å². The molecule has 2 aliphatic carbocycles. The summed E-state index contributed by atoms with van der Waals surface area (Å²) < 4.78 is 9.29. The highest BCUT2D eigenvalue weighted by molar-refractivity contribution is 6.93. The molecule has 4 aliphatic rings. The van der Waals surface area contributed by atoms with Crippen molar-refractivity contribution in [3.05, 3.63) is 173 Å². The Balaban J connectivity index is 1.14. The zero-order chi connectivity index (χ0) is 45.1. The number of nitrogens with zero attached hydrogens (tertiary/aromatic N) is 2. The Morgan fingerprint density at radius 3 is 1.86 bits per heavy atom. The molecule has 0 radical (unpaired) electrons. The number of aromatic nitrogens is 1. The van der Waals surface area contributed by atoms with E-state index < -0.39 is 0 Å². The van der Waals surface area contributed by atoms with Gasteiger partial charge in [-0.05, 0) is 125 Å². The summed E-state index contributed by atoms with van der Waals surface area (Å²) in [6, 6.07) is 54.3. The molecule has 4 heterocycles. The Morgan fingerprint density at radius 2 is 1.11 bits per heavy atom. The van der Waals surface area contributed by atoms with E-state index >= 15 is 0 Å². The van der Waals surface area contributed by atoms with E-state index in [9.17, 15) is 0 Å². The smallest absolute Gasteiger partial charge is 0.333 e. The van der Waals surface area contributed by atoms with Crippen LogP contribution in [-0.2, 0) is 21.7 Å². The highest BCUT2D eigenvalue weighted by atomic mass is 16.3. The van der Waals surface area contributed by atoms with Gasteiger partial charge in [0.15, 0.2) is 0 Å². The first-order valence-corrected chi connectivity index (χ1v) is 24.0. The molecule has 320 valence electrons. The second-order valence-electron chi connectivity index (χ2n) is 23.0. The quantitative estimate of drug-likeness (QED) is 0.153. The van der Waals surface area contributed by atoms with Crippen LogP contribution in [0.5, 0.6) is 0 Å². The molecule has 0 saturated heterocycles. The van der Waals surface area contributed by atoms with E-state index in [1.807, 2.05) is 0 Å². The summed E-state index contributed by atoms with van der Waals surface area (Å²) in [7, 11) is 0. The monoisotopic (exact) mass is 852 g/mol. The van der Waals surface area contributed by atoms with Gasteiger partial charge in [0.1, 0.15) is 11.2 Å². The van der Waals surface area contributed by atoms with E-state index in [4.69, 9.17) is 4.42 Å². The maximum Gasteiger partial charge on any atom is 0.333 e. The standard InChI is InChI=1S/C62H53BN2O/c1-59(2,3)34-19-22-36(23-20-34)65-53-31-49-42(41-27-35(60(4,5)6)21-26-48(41)62(49,9)10)28-44(53)39-24-25-40-45-29-46-38-16-12-14-18-55(38)66-56(46)33-52(45)64-54-32-50-43(30-51(54)63(65)57(39)58(40)64)37-15-11-13-17-47(37)61(50,7)8/h11-33H,1-10H3. The number of anilines is 2. The van der Waals surface area contributed by atoms with Crippen LogP contribution in [0.15, 0.2) is 144 Å². The summed E-state index contributed by atoms with van der Waals surface area (Å²) in [4.78, 5) is 2.72. The number of hydrogen-bond acceptors (Lipinski definition) is 2. The second kappa shape index (κ2) is 12.2. The molecule has 0 bridgehead atoms. The molecule has 4 heteroatoms. The highest BCUT2D eigenvalue weighted by Crippen LogP contribution is 2.56. The lowest BCUT2D eigenvalue weighted by Gasteiger charge is -2.43. The third-order valence-electron chi connectivity index (χ3n) is 16.5. The molecule has 10 aromatic rings. The number of furan rings is 1. The van der Waals surface area contributed by atoms with Crippen LogP contribution in [-0.4, -0.2) is 11.4 Å². The molecule has 2 aromatic heterocycles. The molecule has 0 spiro atoms. The Labute approximate surface area is 387 Å². The molecule has 0 saturated carbocycles. The maximum atomic E-state index is 6.67. The van der Waals surface area contributed by atoms with Gasteiger partial charge in [-0.15, -0.1) is 0 Å². The van der Waals surface area contributed by atoms with Gasteiger partial charge in [0.25, 0.3) is 0 Å². The average molecular weight is 853 g/mol. The van der Waals surface area contributed by atoms with Gasteiger partial charge in [0, 0.05) is 61.1 Å². The number of hydrogen-bond donors (Lipinski definition) is 0. The third-order valence-corrected chi connectivity index (χ3v) is 16.5. The second-order valence-corrected chi connectivity index (χ2v) is 23.0. The Kier molecular flexibility index (Phi) is 7.09. The van der Waals surface area contributed by atoms with E-state index in [0.29, 0.717) is 0 Å². The summed E-state index contributed by atoms with van der Waals surface area (Å²) in [5.41, 5.74) is 26.8. The molecule has 0 fully saturated rings. The molecule has 14 rings (SSSR count). The molecule has 0 amide bonds. The van der Waals surface area contributed by atoms with E-state index in [1.165, 1.54) is 117 Å². The van der Waals surface area contributed by atoms with Crippen LogP contribution in [0.25, 0.3) is 82.8 Å². The van der Waals surface area contributed by atoms with Crippen LogP contribution in [0, 0.1) is 0 Å². The molecule has 0 N–H and O–H groups in total. The molecule has 0 atom stereocenters. The zero-order valence-corrected chi connectivity index (χ0v) is 39.7. The molecule has 8 aromatic carbocycles. The normalized spacial score (nSPS) is 15.9. The van der Waals surface area contributed by atoms with Crippen molar-refractivity contribution in [3.8, 4) is 39.1 Å². The number of para-hydroxylation sites is 1. The average Bonchev–Trinajstić information content (AvgIpc) is 3.96. The number of rotatable bonds is 1. The van der Waals surface area contributed by atoms with Crippen molar-refractivity contribution in [2.24, 2.45) is 0 Å². The predicted molar refractivity (Wildman–Crippen MR) is 280 cm³/mol. The van der Waals surface area contributed by atoms with Crippen molar-refractivity contribution in [2.45, 2.75) is 90.9 Å². The van der Waals surface area contributed by atoms with Gasteiger partial charge in [0.05, 0.1) is 11.0 Å². The lowest BCUT2D eigenvalue weighted by atomic mass is 9.43. The topological polar surface area (TPSA) is 21.3 Å². The predicted octanol–water partition coefficient (Wildman–Crippen LogP) is 15.1. The number of fused-ring (bicyclic) bond motifs is 17. The van der Waals surface area contributed by atoms with Crippen molar-refractivity contribution in [2.75, 3.05) is 4.81 Å². The lowest BCUT2D eigenvalue weighted by Crippen LogP contribution is -2.60. The minimum absolute atomic E-state index is 0.0310. The fourth-order valence-corrected chi connectivity index (χ4v) is 12.9. The van der Waals surface area contributed by atoms with Crippen LogP contribution >= 0.6 is 0 Å².